The molecule has 0 unspecified atom stereocenters. The van der Waals surface area contributed by atoms with Crippen molar-refractivity contribution < 1.29 is 4.74 Å². The van der Waals surface area contributed by atoms with Crippen LogP contribution in [0, 0.1) is 0 Å². The largest absolute Gasteiger partial charge is 0.452 e. The number of ether oxygens (including phenoxy) is 1. The average molecular weight is 204 g/mol. The Labute approximate surface area is 87.5 Å². The molecule has 2 rings (SSSR count). The van der Waals surface area contributed by atoms with Crippen molar-refractivity contribution >= 4 is 5.69 Å². The standard InChI is InChI=1S/C10H12N4O/c1-2-14-7-8(5-13-14)15-10-3-4-12-6-9(10)11/h3-7H,2,11H2,1H3. The highest BCUT2D eigenvalue weighted by Gasteiger charge is 2.03. The number of nitrogens with zero attached hydrogens (tertiary/aromatic N) is 3. The fourth-order valence-electron chi connectivity index (χ4n) is 1.18. The predicted molar refractivity (Wildman–Crippen MR) is 56.6 cm³/mol. The maximum absolute atomic E-state index is 5.69. The molecule has 0 saturated carbocycles. The van der Waals surface area contributed by atoms with E-state index in [-0.39, 0.29) is 0 Å². The van der Waals surface area contributed by atoms with E-state index in [1.54, 1.807) is 29.3 Å². The molecule has 2 aromatic heterocycles. The lowest BCUT2D eigenvalue weighted by Crippen LogP contribution is -1.93. The Balaban J connectivity index is 2.18. The van der Waals surface area contributed by atoms with E-state index in [0.29, 0.717) is 17.2 Å². The first kappa shape index (κ1) is 9.51. The molecule has 0 bridgehead atoms. The average Bonchev–Trinajstić information content (AvgIpc) is 2.69. The third-order valence-corrected chi connectivity index (χ3v) is 1.97. The topological polar surface area (TPSA) is 66.0 Å². The van der Waals surface area contributed by atoms with Gasteiger partial charge in [0.25, 0.3) is 0 Å². The third kappa shape index (κ3) is 2.07. The summed E-state index contributed by atoms with van der Waals surface area (Å²) in [5.41, 5.74) is 6.21. The number of aromatic nitrogens is 3. The van der Waals surface area contributed by atoms with Gasteiger partial charge in [-0.2, -0.15) is 5.10 Å². The Morgan fingerprint density at radius 1 is 1.47 bits per heavy atom. The molecule has 0 fully saturated rings. The first-order valence-corrected chi connectivity index (χ1v) is 4.69. The predicted octanol–water partition coefficient (Wildman–Crippen LogP) is 1.67. The highest BCUT2D eigenvalue weighted by atomic mass is 16.5. The Morgan fingerprint density at radius 3 is 3.00 bits per heavy atom. The molecule has 0 aromatic carbocycles. The highest BCUT2D eigenvalue weighted by molar-refractivity contribution is 5.51. The van der Waals surface area contributed by atoms with Crippen LogP contribution in [0.5, 0.6) is 11.5 Å². The van der Waals surface area contributed by atoms with E-state index in [1.165, 1.54) is 0 Å². The van der Waals surface area contributed by atoms with Crippen molar-refractivity contribution in [2.24, 2.45) is 0 Å². The lowest BCUT2D eigenvalue weighted by molar-refractivity contribution is 0.483. The summed E-state index contributed by atoms with van der Waals surface area (Å²) < 4.78 is 7.33. The molecule has 0 aliphatic heterocycles. The van der Waals surface area contributed by atoms with Crippen LogP contribution in [-0.4, -0.2) is 14.8 Å². The summed E-state index contributed by atoms with van der Waals surface area (Å²) in [5.74, 6) is 1.27. The molecule has 2 heterocycles. The van der Waals surface area contributed by atoms with Crippen LogP contribution in [-0.2, 0) is 6.54 Å². The van der Waals surface area contributed by atoms with Gasteiger partial charge >= 0.3 is 0 Å². The maximum atomic E-state index is 5.69. The van der Waals surface area contributed by atoms with Gasteiger partial charge in [-0.25, -0.2) is 0 Å². The first-order chi connectivity index (χ1) is 7.29. The second-order valence-corrected chi connectivity index (χ2v) is 3.05. The lowest BCUT2D eigenvalue weighted by atomic mass is 10.4. The number of rotatable bonds is 3. The number of hydrogen-bond acceptors (Lipinski definition) is 4. The molecule has 0 amide bonds. The SMILES string of the molecule is CCn1cc(Oc2ccncc2N)cn1. The zero-order chi connectivity index (χ0) is 10.7. The van der Waals surface area contributed by atoms with E-state index >= 15 is 0 Å². The summed E-state index contributed by atoms with van der Waals surface area (Å²) in [7, 11) is 0. The van der Waals surface area contributed by atoms with Gasteiger partial charge in [-0.3, -0.25) is 9.67 Å². The summed E-state index contributed by atoms with van der Waals surface area (Å²) in [4.78, 5) is 3.88. The molecule has 5 nitrogen and oxygen atoms in total. The Hall–Kier alpha value is -2.04. The number of aryl methyl sites for hydroxylation is 1. The van der Waals surface area contributed by atoms with Gasteiger partial charge in [0.2, 0.25) is 0 Å². The summed E-state index contributed by atoms with van der Waals surface area (Å²) in [5, 5.41) is 4.10. The number of hydrogen-bond donors (Lipinski definition) is 1. The minimum atomic E-state index is 0.516. The first-order valence-electron chi connectivity index (χ1n) is 4.69. The number of pyridine rings is 1. The van der Waals surface area contributed by atoms with Crippen molar-refractivity contribution in [3.05, 3.63) is 30.9 Å². The highest BCUT2D eigenvalue weighted by Crippen LogP contribution is 2.25. The summed E-state index contributed by atoms with van der Waals surface area (Å²) >= 11 is 0. The van der Waals surface area contributed by atoms with Crippen molar-refractivity contribution in [1.82, 2.24) is 14.8 Å². The van der Waals surface area contributed by atoms with Crippen LogP contribution in [0.3, 0.4) is 0 Å². The molecular weight excluding hydrogens is 192 g/mol. The van der Waals surface area contributed by atoms with Gasteiger partial charge in [0, 0.05) is 18.8 Å². The summed E-state index contributed by atoms with van der Waals surface area (Å²) in [6.07, 6.45) is 6.67. The fourth-order valence-corrected chi connectivity index (χ4v) is 1.18. The molecule has 0 saturated heterocycles. The van der Waals surface area contributed by atoms with Crippen molar-refractivity contribution in [1.29, 1.82) is 0 Å². The minimum absolute atomic E-state index is 0.516. The molecule has 2 aromatic rings. The van der Waals surface area contributed by atoms with E-state index in [0.717, 1.165) is 6.54 Å². The molecule has 0 aliphatic rings. The molecular formula is C10H12N4O. The Bertz CT molecular complexity index is 452. The summed E-state index contributed by atoms with van der Waals surface area (Å²) in [6, 6.07) is 1.72. The zero-order valence-electron chi connectivity index (χ0n) is 8.42. The zero-order valence-corrected chi connectivity index (χ0v) is 8.42. The molecule has 0 atom stereocenters. The summed E-state index contributed by atoms with van der Waals surface area (Å²) in [6.45, 7) is 2.83. The normalized spacial score (nSPS) is 10.2. The van der Waals surface area contributed by atoms with Gasteiger partial charge in [-0.1, -0.05) is 0 Å². The van der Waals surface area contributed by atoms with Crippen molar-refractivity contribution in [3.8, 4) is 11.5 Å². The molecule has 15 heavy (non-hydrogen) atoms. The van der Waals surface area contributed by atoms with E-state index in [2.05, 4.69) is 10.1 Å². The van der Waals surface area contributed by atoms with Crippen molar-refractivity contribution in [3.63, 3.8) is 0 Å². The molecule has 0 aliphatic carbocycles. The van der Waals surface area contributed by atoms with Gasteiger partial charge in [-0.05, 0) is 6.92 Å². The second-order valence-electron chi connectivity index (χ2n) is 3.05. The van der Waals surface area contributed by atoms with Crippen LogP contribution >= 0.6 is 0 Å². The van der Waals surface area contributed by atoms with Gasteiger partial charge < -0.3 is 10.5 Å². The van der Waals surface area contributed by atoms with Crippen molar-refractivity contribution in [2.75, 3.05) is 5.73 Å². The lowest BCUT2D eigenvalue weighted by Gasteiger charge is -2.04. The monoisotopic (exact) mass is 204 g/mol. The quantitative estimate of drug-likeness (QED) is 0.825. The smallest absolute Gasteiger partial charge is 0.165 e. The van der Waals surface area contributed by atoms with E-state index in [1.807, 2.05) is 13.1 Å². The van der Waals surface area contributed by atoms with Crippen LogP contribution in [0.1, 0.15) is 6.92 Å². The molecule has 0 spiro atoms. The number of nitrogen functional groups attached to an aromatic ring is 1. The fraction of sp³-hybridized carbons (Fsp3) is 0.200. The number of nitrogens with two attached hydrogens (primary N) is 1. The van der Waals surface area contributed by atoms with Crippen LogP contribution < -0.4 is 10.5 Å². The van der Waals surface area contributed by atoms with Crippen molar-refractivity contribution in [2.45, 2.75) is 13.5 Å². The van der Waals surface area contributed by atoms with Gasteiger partial charge in [0.1, 0.15) is 0 Å². The molecule has 5 heteroatoms. The van der Waals surface area contributed by atoms with Crippen LogP contribution in [0.2, 0.25) is 0 Å². The Kier molecular flexibility index (Phi) is 2.53. The second kappa shape index (κ2) is 4.00. The molecule has 0 radical (unpaired) electrons. The van der Waals surface area contributed by atoms with Gasteiger partial charge in [0.15, 0.2) is 11.5 Å². The van der Waals surface area contributed by atoms with Gasteiger partial charge in [-0.15, -0.1) is 0 Å². The third-order valence-electron chi connectivity index (χ3n) is 1.97. The van der Waals surface area contributed by atoms with Crippen LogP contribution in [0.4, 0.5) is 5.69 Å². The number of anilines is 1. The molecule has 2 N–H and O–H groups in total. The molecule has 78 valence electrons. The van der Waals surface area contributed by atoms with Crippen LogP contribution in [0.15, 0.2) is 30.9 Å². The van der Waals surface area contributed by atoms with E-state index in [4.69, 9.17) is 10.5 Å². The van der Waals surface area contributed by atoms with Crippen LogP contribution in [0.25, 0.3) is 0 Å². The van der Waals surface area contributed by atoms with E-state index in [9.17, 15) is 0 Å². The van der Waals surface area contributed by atoms with Gasteiger partial charge in [0.05, 0.1) is 24.3 Å². The maximum Gasteiger partial charge on any atom is 0.165 e. The minimum Gasteiger partial charge on any atom is -0.452 e. The Morgan fingerprint density at radius 2 is 2.33 bits per heavy atom. The van der Waals surface area contributed by atoms with E-state index < -0.39 is 0 Å².